The van der Waals surface area contributed by atoms with Gasteiger partial charge in [-0.25, -0.2) is 16.8 Å². The van der Waals surface area contributed by atoms with Gasteiger partial charge in [-0.1, -0.05) is 12.2 Å². The van der Waals surface area contributed by atoms with E-state index in [1.54, 1.807) is 0 Å². The molecule has 0 radical (unpaired) electrons. The van der Waals surface area contributed by atoms with Gasteiger partial charge in [-0.2, -0.15) is 26.3 Å². The minimum absolute atomic E-state index is 0. The number of hydrogen-bond acceptors (Lipinski definition) is 4. The Kier molecular flexibility index (Phi) is 8.41. The van der Waals surface area contributed by atoms with Crippen molar-refractivity contribution in [3.63, 3.8) is 0 Å². The molecule has 1 aliphatic rings. The zero-order valence-electron chi connectivity index (χ0n) is 10.3. The van der Waals surface area contributed by atoms with E-state index in [4.69, 9.17) is 0 Å². The summed E-state index contributed by atoms with van der Waals surface area (Å²) in [5, 5.41) is -3.03. The Labute approximate surface area is 149 Å². The van der Waals surface area contributed by atoms with Gasteiger partial charge < -0.3 is 1.43 Å². The molecule has 0 atom stereocenters. The molecule has 0 bridgehead atoms. The van der Waals surface area contributed by atoms with Crippen molar-refractivity contribution in [1.82, 2.24) is 0 Å². The first kappa shape index (κ1) is 22.1. The van der Waals surface area contributed by atoms with Crippen molar-refractivity contribution in [2.45, 2.75) is 17.4 Å². The molecule has 1 aliphatic carbocycles. The molecule has 0 amide bonds. The summed E-state index contributed by atoms with van der Waals surface area (Å²) in [4.78, 5) is 0. The number of hydrogen-bond donors (Lipinski definition) is 0. The molecular formula is C6H7F6KO4S2. The molecule has 0 aromatic heterocycles. The van der Waals surface area contributed by atoms with Crippen LogP contribution in [0.5, 0.6) is 0 Å². The predicted molar refractivity (Wildman–Crippen MR) is 49.7 cm³/mol. The summed E-state index contributed by atoms with van der Waals surface area (Å²) >= 11 is 0. The van der Waals surface area contributed by atoms with Crippen LogP contribution in [-0.2, 0) is 19.7 Å². The fourth-order valence-corrected chi connectivity index (χ4v) is 3.04. The summed E-state index contributed by atoms with van der Waals surface area (Å²) in [5.41, 5.74) is -12.1. The van der Waals surface area contributed by atoms with Crippen LogP contribution in [0.2, 0.25) is 0 Å². The van der Waals surface area contributed by atoms with Gasteiger partial charge in [-0.15, -0.1) is 0 Å². The van der Waals surface area contributed by atoms with E-state index in [2.05, 4.69) is 12.2 Å². The fourth-order valence-electron chi connectivity index (χ4n) is 0.338. The zero-order chi connectivity index (χ0) is 14.8. The molecule has 0 unspecified atom stereocenters. The van der Waals surface area contributed by atoms with E-state index in [9.17, 15) is 43.2 Å². The standard InChI is InChI=1S/C3H2F6O4S2.C3H4.K.H/c4-2(5,6)14(10,11)1-15(12,13)3(7,8)9;1-2-3-1;;/h1H2;1-2H,3H2;;/q;;+1;-1. The second-order valence-electron chi connectivity index (χ2n) is 2.95. The summed E-state index contributed by atoms with van der Waals surface area (Å²) in [6.07, 6.45) is 5.50. The van der Waals surface area contributed by atoms with E-state index in [0.717, 1.165) is 0 Å². The van der Waals surface area contributed by atoms with E-state index < -0.39 is 35.8 Å². The van der Waals surface area contributed by atoms with Gasteiger partial charge in [0.05, 0.1) is 0 Å². The van der Waals surface area contributed by atoms with E-state index >= 15 is 0 Å². The molecule has 0 N–H and O–H groups in total. The average molecular weight is 360 g/mol. The molecule has 0 aromatic rings. The van der Waals surface area contributed by atoms with Gasteiger partial charge in [0.25, 0.3) is 19.7 Å². The summed E-state index contributed by atoms with van der Waals surface area (Å²) in [7, 11) is -12.7. The van der Waals surface area contributed by atoms with Gasteiger partial charge in [0.2, 0.25) is 0 Å². The largest absolute Gasteiger partial charge is 1.00 e. The third kappa shape index (κ3) is 8.01. The van der Waals surface area contributed by atoms with Crippen molar-refractivity contribution in [3.05, 3.63) is 12.2 Å². The van der Waals surface area contributed by atoms with Gasteiger partial charge >= 0.3 is 62.4 Å². The number of halogens is 6. The quantitative estimate of drug-likeness (QED) is 0.355. The second-order valence-corrected chi connectivity index (χ2v) is 7.27. The van der Waals surface area contributed by atoms with Crippen molar-refractivity contribution in [1.29, 1.82) is 0 Å². The van der Waals surface area contributed by atoms with Crippen molar-refractivity contribution in [3.8, 4) is 0 Å². The first-order chi connectivity index (χ1) is 7.71. The third-order valence-corrected chi connectivity index (χ3v) is 5.14. The minimum atomic E-state index is -6.35. The molecule has 0 saturated heterocycles. The first-order valence-corrected chi connectivity index (χ1v) is 7.24. The summed E-state index contributed by atoms with van der Waals surface area (Å²) < 4.78 is 110. The number of rotatable bonds is 2. The third-order valence-electron chi connectivity index (χ3n) is 1.25. The number of alkyl halides is 6. The molecular weight excluding hydrogens is 353 g/mol. The summed E-state index contributed by atoms with van der Waals surface area (Å²) in [5.74, 6) is 0. The maximum atomic E-state index is 11.5. The van der Waals surface area contributed by atoms with Crippen LogP contribution in [0.1, 0.15) is 7.85 Å². The molecule has 19 heavy (non-hydrogen) atoms. The Balaban J connectivity index is -0.000000506. The van der Waals surface area contributed by atoms with Crippen LogP contribution in [0.4, 0.5) is 26.3 Å². The van der Waals surface area contributed by atoms with Gasteiger partial charge in [0.15, 0.2) is 5.08 Å². The van der Waals surface area contributed by atoms with E-state index in [0.29, 0.717) is 0 Å². The molecule has 0 aliphatic heterocycles. The van der Waals surface area contributed by atoms with Crippen LogP contribution in [-0.4, -0.2) is 32.9 Å². The Hall–Kier alpha value is 0.856. The van der Waals surface area contributed by atoms with Gasteiger partial charge in [0.1, 0.15) is 0 Å². The average Bonchev–Trinajstić information content (AvgIpc) is 2.80. The van der Waals surface area contributed by atoms with Crippen molar-refractivity contribution < 1.29 is 96.0 Å². The van der Waals surface area contributed by atoms with E-state index in [1.165, 1.54) is 6.42 Å². The molecule has 0 heterocycles. The van der Waals surface area contributed by atoms with Gasteiger partial charge in [-0.05, 0) is 6.42 Å². The van der Waals surface area contributed by atoms with Crippen LogP contribution in [0.25, 0.3) is 0 Å². The molecule has 0 saturated carbocycles. The predicted octanol–water partition coefficient (Wildman–Crippen LogP) is -1.12. The van der Waals surface area contributed by atoms with Crippen molar-refractivity contribution in [2.75, 3.05) is 5.08 Å². The molecule has 0 spiro atoms. The molecule has 13 heteroatoms. The summed E-state index contributed by atoms with van der Waals surface area (Å²) in [6.45, 7) is 0. The summed E-state index contributed by atoms with van der Waals surface area (Å²) in [6, 6.07) is 0. The Morgan fingerprint density at radius 3 is 1.16 bits per heavy atom. The molecule has 110 valence electrons. The van der Waals surface area contributed by atoms with Crippen LogP contribution in [0.15, 0.2) is 12.2 Å². The monoisotopic (exact) mass is 360 g/mol. The normalized spacial score (nSPS) is 15.1. The van der Waals surface area contributed by atoms with Crippen LogP contribution < -0.4 is 51.4 Å². The first-order valence-electron chi connectivity index (χ1n) is 3.94. The fraction of sp³-hybridized carbons (Fsp3) is 0.667. The van der Waals surface area contributed by atoms with Crippen molar-refractivity contribution in [2.24, 2.45) is 0 Å². The van der Waals surface area contributed by atoms with E-state index in [1.807, 2.05) is 0 Å². The van der Waals surface area contributed by atoms with Crippen molar-refractivity contribution >= 4 is 19.7 Å². The second kappa shape index (κ2) is 7.22. The van der Waals surface area contributed by atoms with Gasteiger partial charge in [0, 0.05) is 0 Å². The van der Waals surface area contributed by atoms with Crippen LogP contribution in [0, 0.1) is 0 Å². The maximum absolute atomic E-state index is 11.5. The minimum Gasteiger partial charge on any atom is -1.00 e. The zero-order valence-corrected chi connectivity index (χ0v) is 14.0. The Morgan fingerprint density at radius 2 is 1.05 bits per heavy atom. The molecule has 0 aromatic carbocycles. The molecule has 0 fully saturated rings. The van der Waals surface area contributed by atoms with Gasteiger partial charge in [-0.3, -0.25) is 0 Å². The Morgan fingerprint density at radius 1 is 0.842 bits per heavy atom. The maximum Gasteiger partial charge on any atom is 1.00 e. The smallest absolute Gasteiger partial charge is 1.00 e. The van der Waals surface area contributed by atoms with E-state index in [-0.39, 0.29) is 52.8 Å². The number of allylic oxidation sites excluding steroid dienone is 2. The molecule has 1 rings (SSSR count). The Bertz CT molecular complexity index is 475. The number of sulfone groups is 2. The topological polar surface area (TPSA) is 68.3 Å². The van der Waals surface area contributed by atoms with Crippen LogP contribution >= 0.6 is 0 Å². The molecule has 4 nitrogen and oxygen atoms in total. The van der Waals surface area contributed by atoms with Crippen LogP contribution in [0.3, 0.4) is 0 Å². The SMILES string of the molecule is C1=CC1.O=S(=O)(CS(=O)(=O)C(F)(F)F)C(F)(F)F.[H-].[K+].